The number of aliphatic imine (C=N–C) groups is 1. The molecule has 13 heavy (non-hydrogen) atoms. The Hall–Kier alpha value is -1.12. The number of hydrogen-bond donors (Lipinski definition) is 1. The first kappa shape index (κ1) is 11.9. The molecule has 0 saturated carbocycles. The minimum absolute atomic E-state index is 0.554. The highest BCUT2D eigenvalue weighted by Gasteiger charge is 2.06. The normalized spacial score (nSPS) is 13.8. The molecule has 0 unspecified atom stereocenters. The first-order valence-electron chi connectivity index (χ1n) is 4.37. The van der Waals surface area contributed by atoms with E-state index in [1.807, 2.05) is 20.8 Å². The summed E-state index contributed by atoms with van der Waals surface area (Å²) in [5.74, 6) is 0.631. The van der Waals surface area contributed by atoms with Crippen LogP contribution in [-0.2, 0) is 4.74 Å². The lowest BCUT2D eigenvalue weighted by atomic mass is 10.1. The van der Waals surface area contributed by atoms with Crippen LogP contribution in [0, 0.1) is 5.41 Å². The first-order chi connectivity index (χ1) is 6.04. The minimum Gasteiger partial charge on any atom is -0.478 e. The molecular weight excluding hydrogens is 164 g/mol. The lowest BCUT2D eigenvalue weighted by Crippen LogP contribution is -2.10. The van der Waals surface area contributed by atoms with E-state index in [0.29, 0.717) is 18.2 Å². The predicted molar refractivity (Wildman–Crippen MR) is 56.8 cm³/mol. The van der Waals surface area contributed by atoms with Crippen LogP contribution in [0.5, 0.6) is 0 Å². The van der Waals surface area contributed by atoms with Gasteiger partial charge in [0.15, 0.2) is 0 Å². The second-order valence-corrected chi connectivity index (χ2v) is 2.84. The summed E-state index contributed by atoms with van der Waals surface area (Å²) in [6, 6.07) is 0. The van der Waals surface area contributed by atoms with E-state index in [1.165, 1.54) is 0 Å². The molecule has 3 heteroatoms. The third-order valence-electron chi connectivity index (χ3n) is 1.93. The van der Waals surface area contributed by atoms with Gasteiger partial charge in [-0.3, -0.25) is 4.99 Å². The van der Waals surface area contributed by atoms with Gasteiger partial charge < -0.3 is 10.1 Å². The topological polar surface area (TPSA) is 45.4 Å². The summed E-state index contributed by atoms with van der Waals surface area (Å²) in [6.07, 6.45) is 0. The summed E-state index contributed by atoms with van der Waals surface area (Å²) in [4.78, 5) is 4.02. The van der Waals surface area contributed by atoms with Crippen molar-refractivity contribution >= 4 is 11.6 Å². The monoisotopic (exact) mass is 182 g/mol. The third-order valence-corrected chi connectivity index (χ3v) is 1.93. The molecule has 0 aromatic heterocycles. The van der Waals surface area contributed by atoms with Crippen molar-refractivity contribution < 1.29 is 4.74 Å². The number of nitrogens with zero attached hydrogens (tertiary/aromatic N) is 1. The molecule has 0 atom stereocenters. The molecule has 0 fully saturated rings. The van der Waals surface area contributed by atoms with Gasteiger partial charge in [-0.25, -0.2) is 0 Å². The highest BCUT2D eigenvalue weighted by molar-refractivity contribution is 6.05. The molecule has 0 aromatic rings. The van der Waals surface area contributed by atoms with Gasteiger partial charge in [0, 0.05) is 18.3 Å². The summed E-state index contributed by atoms with van der Waals surface area (Å²) in [7, 11) is 1.70. The maximum absolute atomic E-state index is 7.46. The molecule has 0 heterocycles. The summed E-state index contributed by atoms with van der Waals surface area (Å²) in [5.41, 5.74) is 2.42. The van der Waals surface area contributed by atoms with Crippen molar-refractivity contribution in [1.29, 1.82) is 5.41 Å². The highest BCUT2D eigenvalue weighted by atomic mass is 16.5. The zero-order chi connectivity index (χ0) is 10.4. The Morgan fingerprint density at radius 2 is 1.77 bits per heavy atom. The number of ether oxygens (including phenoxy) is 1. The Bertz CT molecular complexity index is 252. The minimum atomic E-state index is 0.554. The quantitative estimate of drug-likeness (QED) is 0.528. The first-order valence-corrected chi connectivity index (χ1v) is 4.37. The molecule has 1 N–H and O–H groups in total. The van der Waals surface area contributed by atoms with Gasteiger partial charge >= 0.3 is 0 Å². The second kappa shape index (κ2) is 5.51. The van der Waals surface area contributed by atoms with Crippen molar-refractivity contribution in [2.75, 3.05) is 13.7 Å². The molecule has 3 nitrogen and oxygen atoms in total. The SMILES string of the molecule is CCOC(=NC)/C(C)=C(/C)C(C)=N. The van der Waals surface area contributed by atoms with Crippen molar-refractivity contribution in [3.05, 3.63) is 11.1 Å². The van der Waals surface area contributed by atoms with Crippen LogP contribution in [0.15, 0.2) is 16.1 Å². The van der Waals surface area contributed by atoms with E-state index in [4.69, 9.17) is 10.1 Å². The van der Waals surface area contributed by atoms with Gasteiger partial charge in [0.1, 0.15) is 0 Å². The maximum atomic E-state index is 7.46. The molecule has 0 bridgehead atoms. The van der Waals surface area contributed by atoms with Crippen molar-refractivity contribution in [3.8, 4) is 0 Å². The molecule has 0 radical (unpaired) electrons. The van der Waals surface area contributed by atoms with Crippen LogP contribution in [0.2, 0.25) is 0 Å². The molecule has 0 aliphatic rings. The molecule has 0 spiro atoms. The van der Waals surface area contributed by atoms with E-state index < -0.39 is 0 Å². The molecule has 0 saturated heterocycles. The van der Waals surface area contributed by atoms with Gasteiger partial charge in [0.2, 0.25) is 5.90 Å². The Balaban J connectivity index is 4.83. The van der Waals surface area contributed by atoms with E-state index in [-0.39, 0.29) is 0 Å². The van der Waals surface area contributed by atoms with E-state index >= 15 is 0 Å². The Labute approximate surface area is 80.0 Å². The molecule has 0 aliphatic carbocycles. The molecule has 0 aliphatic heterocycles. The molecule has 0 aromatic carbocycles. The van der Waals surface area contributed by atoms with Gasteiger partial charge in [-0.05, 0) is 33.3 Å². The Morgan fingerprint density at radius 1 is 1.23 bits per heavy atom. The van der Waals surface area contributed by atoms with Crippen molar-refractivity contribution in [3.63, 3.8) is 0 Å². The third kappa shape index (κ3) is 3.40. The molecule has 0 amide bonds. The number of rotatable bonds is 3. The van der Waals surface area contributed by atoms with Crippen LogP contribution in [0.1, 0.15) is 27.7 Å². The zero-order valence-electron chi connectivity index (χ0n) is 9.06. The smallest absolute Gasteiger partial charge is 0.211 e. The van der Waals surface area contributed by atoms with Crippen LogP contribution < -0.4 is 0 Å². The molecule has 0 rings (SSSR count). The van der Waals surface area contributed by atoms with Crippen LogP contribution in [0.25, 0.3) is 0 Å². The van der Waals surface area contributed by atoms with Gasteiger partial charge in [0.05, 0.1) is 6.61 Å². The largest absolute Gasteiger partial charge is 0.478 e. The second-order valence-electron chi connectivity index (χ2n) is 2.84. The molecular formula is C10H18N2O. The van der Waals surface area contributed by atoms with Crippen molar-refractivity contribution in [2.24, 2.45) is 4.99 Å². The average Bonchev–Trinajstić information content (AvgIpc) is 2.11. The highest BCUT2D eigenvalue weighted by Crippen LogP contribution is 2.07. The fourth-order valence-corrected chi connectivity index (χ4v) is 0.919. The molecule has 74 valence electrons. The van der Waals surface area contributed by atoms with Crippen molar-refractivity contribution in [2.45, 2.75) is 27.7 Å². The van der Waals surface area contributed by atoms with Crippen LogP contribution in [0.3, 0.4) is 0 Å². The zero-order valence-corrected chi connectivity index (χ0v) is 9.06. The van der Waals surface area contributed by atoms with Crippen LogP contribution in [-0.4, -0.2) is 25.3 Å². The summed E-state index contributed by atoms with van der Waals surface area (Å²) < 4.78 is 5.32. The van der Waals surface area contributed by atoms with Gasteiger partial charge in [-0.15, -0.1) is 0 Å². The fraction of sp³-hybridized carbons (Fsp3) is 0.600. The van der Waals surface area contributed by atoms with E-state index in [2.05, 4.69) is 4.99 Å². The van der Waals surface area contributed by atoms with E-state index in [9.17, 15) is 0 Å². The van der Waals surface area contributed by atoms with Crippen LogP contribution in [0.4, 0.5) is 0 Å². The van der Waals surface area contributed by atoms with Crippen LogP contribution >= 0.6 is 0 Å². The van der Waals surface area contributed by atoms with Gasteiger partial charge in [-0.1, -0.05) is 0 Å². The van der Waals surface area contributed by atoms with Crippen molar-refractivity contribution in [1.82, 2.24) is 0 Å². The van der Waals surface area contributed by atoms with Gasteiger partial charge in [-0.2, -0.15) is 0 Å². The fourth-order valence-electron chi connectivity index (χ4n) is 0.919. The van der Waals surface area contributed by atoms with Gasteiger partial charge in [0.25, 0.3) is 0 Å². The number of nitrogens with one attached hydrogen (secondary N) is 1. The summed E-state index contributed by atoms with van der Waals surface area (Å²) >= 11 is 0. The Kier molecular flexibility index (Phi) is 5.04. The summed E-state index contributed by atoms with van der Waals surface area (Å²) in [5, 5.41) is 7.46. The predicted octanol–water partition coefficient (Wildman–Crippen LogP) is 2.43. The lowest BCUT2D eigenvalue weighted by molar-refractivity contribution is 0.327. The number of hydrogen-bond acceptors (Lipinski definition) is 3. The average molecular weight is 182 g/mol. The lowest BCUT2D eigenvalue weighted by Gasteiger charge is -2.09. The standard InChI is InChI=1S/C10H18N2O/c1-6-13-10(12-5)8(3)7(2)9(4)11/h11H,6H2,1-5H3/b8-7-,11-9?,12-10?. The number of allylic oxidation sites excluding steroid dienone is 1. The van der Waals surface area contributed by atoms with E-state index in [1.54, 1.807) is 14.0 Å². The Morgan fingerprint density at radius 3 is 2.08 bits per heavy atom. The maximum Gasteiger partial charge on any atom is 0.211 e. The summed E-state index contributed by atoms with van der Waals surface area (Å²) in [6.45, 7) is 8.12. The van der Waals surface area contributed by atoms with E-state index in [0.717, 1.165) is 11.1 Å².